The minimum absolute atomic E-state index is 0.544. The van der Waals surface area contributed by atoms with Gasteiger partial charge in [0, 0.05) is 21.9 Å². The van der Waals surface area contributed by atoms with Gasteiger partial charge in [-0.05, 0) is 31.0 Å². The predicted octanol–water partition coefficient (Wildman–Crippen LogP) is 4.10. The molecule has 0 aromatic heterocycles. The zero-order chi connectivity index (χ0) is 11.3. The van der Waals surface area contributed by atoms with Crippen molar-refractivity contribution < 1.29 is 0 Å². The number of rotatable bonds is 5. The third-order valence-electron chi connectivity index (χ3n) is 2.25. The lowest BCUT2D eigenvalue weighted by Crippen LogP contribution is -2.27. The van der Waals surface area contributed by atoms with Gasteiger partial charge in [-0.1, -0.05) is 50.9 Å². The van der Waals surface area contributed by atoms with E-state index in [-0.39, 0.29) is 0 Å². The lowest BCUT2D eigenvalue weighted by atomic mass is 10.1. The first-order chi connectivity index (χ1) is 7.08. The highest BCUT2D eigenvalue weighted by Crippen LogP contribution is 2.11. The summed E-state index contributed by atoms with van der Waals surface area (Å²) in [7, 11) is 0. The number of hydrogen-bond donors (Lipinski definition) is 1. The van der Waals surface area contributed by atoms with Crippen molar-refractivity contribution in [2.24, 2.45) is 0 Å². The smallest absolute Gasteiger partial charge is 0.0207 e. The molecule has 0 saturated carbocycles. The summed E-state index contributed by atoms with van der Waals surface area (Å²) in [6.45, 7) is 5.34. The first-order valence-corrected chi connectivity index (χ1v) is 6.90. The maximum absolute atomic E-state index is 3.56. The molecule has 84 valence electrons. The zero-order valence-electron chi connectivity index (χ0n) is 9.13. The van der Waals surface area contributed by atoms with Crippen molar-refractivity contribution in [1.82, 2.24) is 5.32 Å². The molecule has 0 radical (unpaired) electrons. The van der Waals surface area contributed by atoms with Gasteiger partial charge in [0.25, 0.3) is 0 Å². The Morgan fingerprint density at radius 3 is 2.33 bits per heavy atom. The summed E-state index contributed by atoms with van der Waals surface area (Å²) in [6, 6.07) is 8.98. The molecule has 1 rings (SSSR count). The first kappa shape index (κ1) is 13.2. The van der Waals surface area contributed by atoms with Crippen LogP contribution in [-0.4, -0.2) is 10.9 Å². The maximum Gasteiger partial charge on any atom is 0.0207 e. The van der Waals surface area contributed by atoms with Crippen LogP contribution in [0.2, 0.25) is 0 Å². The normalized spacial score (nSPS) is 14.9. The van der Waals surface area contributed by atoms with Gasteiger partial charge >= 0.3 is 0 Å². The maximum atomic E-state index is 3.56. The molecule has 1 aromatic carbocycles. The largest absolute Gasteiger partial charge is 0.310 e. The molecule has 15 heavy (non-hydrogen) atoms. The second kappa shape index (κ2) is 6.66. The molecule has 0 aliphatic rings. The molecule has 0 amide bonds. The quantitative estimate of drug-likeness (QED) is 0.799. The summed E-state index contributed by atoms with van der Waals surface area (Å²) >= 11 is 7.00. The number of alkyl halides is 1. The van der Waals surface area contributed by atoms with E-state index in [1.807, 2.05) is 0 Å². The lowest BCUT2D eigenvalue weighted by Gasteiger charge is -2.15. The van der Waals surface area contributed by atoms with Gasteiger partial charge in [0.15, 0.2) is 0 Å². The predicted molar refractivity (Wildman–Crippen MR) is 73.4 cm³/mol. The zero-order valence-corrected chi connectivity index (χ0v) is 12.3. The van der Waals surface area contributed by atoms with E-state index >= 15 is 0 Å². The third kappa shape index (κ3) is 5.69. The standard InChI is InChI=1S/C12H17Br2N/c1-9(13)7-10(2)15-8-11-3-5-12(14)6-4-11/h3-6,9-10,15H,7-8H2,1-2H3. The fourth-order valence-corrected chi connectivity index (χ4v) is 2.29. The van der Waals surface area contributed by atoms with E-state index in [2.05, 4.69) is 75.3 Å². The van der Waals surface area contributed by atoms with Crippen LogP contribution < -0.4 is 5.32 Å². The molecule has 0 saturated heterocycles. The summed E-state index contributed by atoms with van der Waals surface area (Å²) in [5.74, 6) is 0. The molecule has 0 fully saturated rings. The van der Waals surface area contributed by atoms with Crippen LogP contribution in [0, 0.1) is 0 Å². The van der Waals surface area contributed by atoms with Gasteiger partial charge in [-0.2, -0.15) is 0 Å². The molecular weight excluding hydrogens is 318 g/mol. The van der Waals surface area contributed by atoms with Gasteiger partial charge in [0.05, 0.1) is 0 Å². The lowest BCUT2D eigenvalue weighted by molar-refractivity contribution is 0.516. The molecule has 2 atom stereocenters. The van der Waals surface area contributed by atoms with E-state index in [1.165, 1.54) is 5.56 Å². The van der Waals surface area contributed by atoms with Crippen molar-refractivity contribution in [1.29, 1.82) is 0 Å². The monoisotopic (exact) mass is 333 g/mol. The van der Waals surface area contributed by atoms with Crippen molar-refractivity contribution in [2.75, 3.05) is 0 Å². The minimum Gasteiger partial charge on any atom is -0.310 e. The van der Waals surface area contributed by atoms with Crippen LogP contribution in [0.5, 0.6) is 0 Å². The summed E-state index contributed by atoms with van der Waals surface area (Å²) in [5, 5.41) is 3.50. The van der Waals surface area contributed by atoms with E-state index in [9.17, 15) is 0 Å². The Morgan fingerprint density at radius 1 is 1.20 bits per heavy atom. The first-order valence-electron chi connectivity index (χ1n) is 5.20. The molecule has 2 unspecified atom stereocenters. The highest BCUT2D eigenvalue weighted by atomic mass is 79.9. The van der Waals surface area contributed by atoms with Crippen molar-refractivity contribution >= 4 is 31.9 Å². The molecule has 1 aromatic rings. The van der Waals surface area contributed by atoms with E-state index in [0.717, 1.165) is 17.4 Å². The highest BCUT2D eigenvalue weighted by molar-refractivity contribution is 9.10. The molecule has 3 heteroatoms. The van der Waals surface area contributed by atoms with Gasteiger partial charge in [-0.15, -0.1) is 0 Å². The fraction of sp³-hybridized carbons (Fsp3) is 0.500. The number of nitrogens with one attached hydrogen (secondary N) is 1. The Hall–Kier alpha value is 0.140. The molecule has 0 aliphatic heterocycles. The second-order valence-electron chi connectivity index (χ2n) is 3.92. The molecule has 0 aliphatic carbocycles. The van der Waals surface area contributed by atoms with Crippen LogP contribution in [0.1, 0.15) is 25.8 Å². The third-order valence-corrected chi connectivity index (χ3v) is 3.15. The molecule has 0 heterocycles. The summed E-state index contributed by atoms with van der Waals surface area (Å²) < 4.78 is 1.13. The molecule has 1 N–H and O–H groups in total. The van der Waals surface area contributed by atoms with Gasteiger partial charge < -0.3 is 5.32 Å². The van der Waals surface area contributed by atoms with Crippen LogP contribution in [0.4, 0.5) is 0 Å². The van der Waals surface area contributed by atoms with Crippen LogP contribution in [-0.2, 0) is 6.54 Å². The summed E-state index contributed by atoms with van der Waals surface area (Å²) in [4.78, 5) is 0.574. The Balaban J connectivity index is 2.33. The van der Waals surface area contributed by atoms with E-state index < -0.39 is 0 Å². The SMILES string of the molecule is CC(Br)CC(C)NCc1ccc(Br)cc1. The van der Waals surface area contributed by atoms with Crippen LogP contribution in [0.15, 0.2) is 28.7 Å². The Morgan fingerprint density at radius 2 is 1.80 bits per heavy atom. The van der Waals surface area contributed by atoms with E-state index in [4.69, 9.17) is 0 Å². The Labute approximate surface area is 109 Å². The number of halogens is 2. The van der Waals surface area contributed by atoms with Crippen molar-refractivity contribution in [3.8, 4) is 0 Å². The van der Waals surface area contributed by atoms with E-state index in [1.54, 1.807) is 0 Å². The van der Waals surface area contributed by atoms with Crippen LogP contribution in [0.25, 0.3) is 0 Å². The van der Waals surface area contributed by atoms with Gasteiger partial charge in [0.2, 0.25) is 0 Å². The number of benzene rings is 1. The Bertz CT molecular complexity index is 282. The summed E-state index contributed by atoms with van der Waals surface area (Å²) in [5.41, 5.74) is 1.33. The van der Waals surface area contributed by atoms with Gasteiger partial charge in [0.1, 0.15) is 0 Å². The van der Waals surface area contributed by atoms with E-state index in [0.29, 0.717) is 10.9 Å². The minimum atomic E-state index is 0.544. The molecule has 1 nitrogen and oxygen atoms in total. The average molecular weight is 335 g/mol. The fourth-order valence-electron chi connectivity index (χ4n) is 1.46. The molecular formula is C12H17Br2N. The van der Waals surface area contributed by atoms with Gasteiger partial charge in [-0.25, -0.2) is 0 Å². The van der Waals surface area contributed by atoms with Crippen LogP contribution >= 0.6 is 31.9 Å². The highest BCUT2D eigenvalue weighted by Gasteiger charge is 2.04. The van der Waals surface area contributed by atoms with Crippen LogP contribution in [0.3, 0.4) is 0 Å². The topological polar surface area (TPSA) is 12.0 Å². The van der Waals surface area contributed by atoms with Crippen molar-refractivity contribution in [3.63, 3.8) is 0 Å². The average Bonchev–Trinajstić information content (AvgIpc) is 2.16. The Kier molecular flexibility index (Phi) is 5.87. The second-order valence-corrected chi connectivity index (χ2v) is 6.40. The molecule has 0 bridgehead atoms. The number of hydrogen-bond acceptors (Lipinski definition) is 1. The van der Waals surface area contributed by atoms with Crippen molar-refractivity contribution in [2.45, 2.75) is 37.7 Å². The molecule has 0 spiro atoms. The van der Waals surface area contributed by atoms with Crippen molar-refractivity contribution in [3.05, 3.63) is 34.3 Å². The van der Waals surface area contributed by atoms with Gasteiger partial charge in [-0.3, -0.25) is 0 Å². The summed E-state index contributed by atoms with van der Waals surface area (Å²) in [6.07, 6.45) is 1.15.